The van der Waals surface area contributed by atoms with Crippen molar-refractivity contribution in [3.05, 3.63) is 0 Å². The minimum Gasteiger partial charge on any atom is -0.461 e. The van der Waals surface area contributed by atoms with Gasteiger partial charge in [0.1, 0.15) is 17.7 Å². The summed E-state index contributed by atoms with van der Waals surface area (Å²) in [7, 11) is 0. The molecule has 116 valence electrons. The zero-order valence-electron chi connectivity index (χ0n) is 13.2. The second-order valence-corrected chi connectivity index (χ2v) is 6.71. The van der Waals surface area contributed by atoms with Gasteiger partial charge in [-0.25, -0.2) is 9.59 Å². The molecule has 0 unspecified atom stereocenters. The number of amides is 1. The van der Waals surface area contributed by atoms with E-state index >= 15 is 0 Å². The largest absolute Gasteiger partial charge is 0.461 e. The Kier molecular flexibility index (Phi) is 5.84. The van der Waals surface area contributed by atoms with Crippen LogP contribution in [0.5, 0.6) is 0 Å². The van der Waals surface area contributed by atoms with Crippen molar-refractivity contribution in [2.45, 2.75) is 78.0 Å². The predicted octanol–water partition coefficient (Wildman–Crippen LogP) is 3.02. The van der Waals surface area contributed by atoms with Gasteiger partial charge >= 0.3 is 12.1 Å². The van der Waals surface area contributed by atoms with Gasteiger partial charge in [0.05, 0.1) is 0 Å². The summed E-state index contributed by atoms with van der Waals surface area (Å²) < 4.78 is 10.6. The minimum absolute atomic E-state index is 0.00388. The second kappa shape index (κ2) is 6.95. The Morgan fingerprint density at radius 3 is 2.15 bits per heavy atom. The number of carbonyl (C=O) groups excluding carboxylic acids is 2. The van der Waals surface area contributed by atoms with Gasteiger partial charge in [-0.2, -0.15) is 0 Å². The van der Waals surface area contributed by atoms with Crippen molar-refractivity contribution in [2.75, 3.05) is 0 Å². The van der Waals surface area contributed by atoms with E-state index in [1.807, 2.05) is 13.8 Å². The molecule has 0 heterocycles. The third kappa shape index (κ3) is 5.80. The summed E-state index contributed by atoms with van der Waals surface area (Å²) in [6.07, 6.45) is 3.46. The third-order valence-corrected chi connectivity index (χ3v) is 3.18. The Balaban J connectivity index is 2.54. The van der Waals surface area contributed by atoms with Crippen LogP contribution in [-0.2, 0) is 14.3 Å². The molecule has 1 rings (SSSR count). The van der Waals surface area contributed by atoms with Gasteiger partial charge in [0.15, 0.2) is 0 Å². The Labute approximate surface area is 121 Å². The Bertz CT molecular complexity index is 340. The monoisotopic (exact) mass is 285 g/mol. The average Bonchev–Trinajstić information content (AvgIpc) is 2.75. The maximum atomic E-state index is 12.1. The van der Waals surface area contributed by atoms with E-state index in [0.29, 0.717) is 0 Å². The molecule has 0 bridgehead atoms. The van der Waals surface area contributed by atoms with Crippen LogP contribution in [0.15, 0.2) is 0 Å². The van der Waals surface area contributed by atoms with Gasteiger partial charge in [-0.15, -0.1) is 0 Å². The SMILES string of the molecule is CC(C)[C@H](NC(=O)OC(C)(C)C)C(=O)OC1CCCC1. The normalized spacial score (nSPS) is 17.9. The molecule has 0 aromatic carbocycles. The second-order valence-electron chi connectivity index (χ2n) is 6.71. The van der Waals surface area contributed by atoms with Crippen molar-refractivity contribution in [1.29, 1.82) is 0 Å². The Morgan fingerprint density at radius 2 is 1.70 bits per heavy atom. The van der Waals surface area contributed by atoms with E-state index in [9.17, 15) is 9.59 Å². The zero-order valence-corrected chi connectivity index (χ0v) is 13.2. The number of alkyl carbamates (subject to hydrolysis) is 1. The molecule has 1 aliphatic carbocycles. The summed E-state index contributed by atoms with van der Waals surface area (Å²) >= 11 is 0. The first kappa shape index (κ1) is 16.8. The highest BCUT2D eigenvalue weighted by Crippen LogP contribution is 2.22. The lowest BCUT2D eigenvalue weighted by molar-refractivity contribution is -0.152. The number of esters is 1. The van der Waals surface area contributed by atoms with Crippen LogP contribution in [0.25, 0.3) is 0 Å². The molecular weight excluding hydrogens is 258 g/mol. The first-order valence-electron chi connectivity index (χ1n) is 7.39. The number of nitrogens with one attached hydrogen (secondary N) is 1. The first-order valence-corrected chi connectivity index (χ1v) is 7.39. The lowest BCUT2D eigenvalue weighted by Gasteiger charge is -2.25. The van der Waals surface area contributed by atoms with E-state index in [1.54, 1.807) is 20.8 Å². The van der Waals surface area contributed by atoms with Crippen LogP contribution in [0.4, 0.5) is 4.79 Å². The summed E-state index contributed by atoms with van der Waals surface area (Å²) in [6.45, 7) is 9.10. The molecule has 0 saturated heterocycles. The highest BCUT2D eigenvalue weighted by molar-refractivity contribution is 5.81. The number of hydrogen-bond donors (Lipinski definition) is 1. The molecule has 0 radical (unpaired) electrons. The lowest BCUT2D eigenvalue weighted by Crippen LogP contribution is -2.47. The number of ether oxygens (including phenoxy) is 2. The van der Waals surface area contributed by atoms with Gasteiger partial charge < -0.3 is 14.8 Å². The molecule has 5 nitrogen and oxygen atoms in total. The van der Waals surface area contributed by atoms with Crippen LogP contribution in [0.1, 0.15) is 60.3 Å². The van der Waals surface area contributed by atoms with Gasteiger partial charge in [0.2, 0.25) is 0 Å². The zero-order chi connectivity index (χ0) is 15.3. The van der Waals surface area contributed by atoms with Crippen molar-refractivity contribution in [3.63, 3.8) is 0 Å². The molecule has 1 fully saturated rings. The molecule has 1 amide bonds. The molecule has 1 aliphatic rings. The maximum absolute atomic E-state index is 12.1. The van der Waals surface area contributed by atoms with E-state index in [0.717, 1.165) is 25.7 Å². The van der Waals surface area contributed by atoms with Crippen LogP contribution in [0.3, 0.4) is 0 Å². The first-order chi connectivity index (χ1) is 9.19. The van der Waals surface area contributed by atoms with Gasteiger partial charge in [-0.05, 0) is 52.4 Å². The lowest BCUT2D eigenvalue weighted by atomic mass is 10.0. The van der Waals surface area contributed by atoms with Gasteiger partial charge in [-0.1, -0.05) is 13.8 Å². The number of carbonyl (C=O) groups is 2. The fraction of sp³-hybridized carbons (Fsp3) is 0.867. The topological polar surface area (TPSA) is 64.6 Å². The smallest absolute Gasteiger partial charge is 0.408 e. The van der Waals surface area contributed by atoms with Crippen molar-refractivity contribution >= 4 is 12.1 Å². The molecule has 5 heteroatoms. The summed E-state index contributed by atoms with van der Waals surface area (Å²) in [4.78, 5) is 23.9. The fourth-order valence-electron chi connectivity index (χ4n) is 2.18. The molecule has 20 heavy (non-hydrogen) atoms. The number of hydrogen-bond acceptors (Lipinski definition) is 4. The molecule has 0 aromatic rings. The summed E-state index contributed by atoms with van der Waals surface area (Å²) in [6, 6.07) is -0.662. The van der Waals surface area contributed by atoms with Crippen LogP contribution >= 0.6 is 0 Å². The predicted molar refractivity (Wildman–Crippen MR) is 76.3 cm³/mol. The summed E-state index contributed by atoms with van der Waals surface area (Å²) in [5.74, 6) is -0.408. The quantitative estimate of drug-likeness (QED) is 0.806. The van der Waals surface area contributed by atoms with Crippen molar-refractivity contribution in [1.82, 2.24) is 5.32 Å². The minimum atomic E-state index is -0.662. The van der Waals surface area contributed by atoms with E-state index in [4.69, 9.17) is 9.47 Å². The summed E-state index contributed by atoms with van der Waals surface area (Å²) in [5.41, 5.74) is -0.582. The molecule has 0 aliphatic heterocycles. The van der Waals surface area contributed by atoms with Crippen LogP contribution in [0, 0.1) is 5.92 Å². The highest BCUT2D eigenvalue weighted by atomic mass is 16.6. The van der Waals surface area contributed by atoms with E-state index in [1.165, 1.54) is 0 Å². The van der Waals surface area contributed by atoms with Crippen LogP contribution < -0.4 is 5.32 Å². The number of rotatable bonds is 4. The Hall–Kier alpha value is -1.26. The highest BCUT2D eigenvalue weighted by Gasteiger charge is 2.30. The molecule has 1 atom stereocenters. The van der Waals surface area contributed by atoms with E-state index in [2.05, 4.69) is 5.32 Å². The standard InChI is InChI=1S/C15H27NO4/c1-10(2)12(16-14(18)20-15(3,4)5)13(17)19-11-8-6-7-9-11/h10-12H,6-9H2,1-5H3,(H,16,18)/t12-/m0/s1. The Morgan fingerprint density at radius 1 is 1.15 bits per heavy atom. The van der Waals surface area contributed by atoms with E-state index < -0.39 is 17.7 Å². The molecule has 0 aromatic heterocycles. The maximum Gasteiger partial charge on any atom is 0.408 e. The molecule has 0 spiro atoms. The molecule has 1 N–H and O–H groups in total. The molecular formula is C15H27NO4. The van der Waals surface area contributed by atoms with Crippen LogP contribution in [-0.4, -0.2) is 29.8 Å². The van der Waals surface area contributed by atoms with Gasteiger partial charge in [0.25, 0.3) is 0 Å². The van der Waals surface area contributed by atoms with Gasteiger partial charge in [0, 0.05) is 0 Å². The molecule has 1 saturated carbocycles. The van der Waals surface area contributed by atoms with Gasteiger partial charge in [-0.3, -0.25) is 0 Å². The van der Waals surface area contributed by atoms with Crippen LogP contribution in [0.2, 0.25) is 0 Å². The average molecular weight is 285 g/mol. The van der Waals surface area contributed by atoms with Crippen molar-refractivity contribution < 1.29 is 19.1 Å². The fourth-order valence-corrected chi connectivity index (χ4v) is 2.18. The van der Waals surface area contributed by atoms with Crippen molar-refractivity contribution in [2.24, 2.45) is 5.92 Å². The summed E-state index contributed by atoms with van der Waals surface area (Å²) in [5, 5.41) is 2.61. The third-order valence-electron chi connectivity index (χ3n) is 3.18. The van der Waals surface area contributed by atoms with E-state index in [-0.39, 0.29) is 18.0 Å². The van der Waals surface area contributed by atoms with Crippen molar-refractivity contribution in [3.8, 4) is 0 Å².